The number of nitrogens with two attached hydrogens (primary N) is 1. The van der Waals surface area contributed by atoms with E-state index in [2.05, 4.69) is 0 Å². The third-order valence-electron chi connectivity index (χ3n) is 1.96. The van der Waals surface area contributed by atoms with Crippen molar-refractivity contribution >= 4 is 0 Å². The maximum Gasteiger partial charge on any atom is 0.166 e. The number of halogens is 4. The van der Waals surface area contributed by atoms with Gasteiger partial charge in [-0.1, -0.05) is 6.92 Å². The summed E-state index contributed by atoms with van der Waals surface area (Å²) in [4.78, 5) is 0. The minimum absolute atomic E-state index is 0.163. The van der Waals surface area contributed by atoms with E-state index in [1.165, 1.54) is 0 Å². The molecule has 0 fully saturated rings. The number of hydrogen-bond donors (Lipinski definition) is 1. The van der Waals surface area contributed by atoms with Crippen LogP contribution >= 0.6 is 0 Å². The van der Waals surface area contributed by atoms with Gasteiger partial charge in [0, 0.05) is 17.7 Å². The molecule has 0 radical (unpaired) electrons. The Morgan fingerprint density at radius 1 is 1.14 bits per heavy atom. The lowest BCUT2D eigenvalue weighted by molar-refractivity contribution is 0.425. The molecule has 0 spiro atoms. The average molecular weight is 207 g/mol. The highest BCUT2D eigenvalue weighted by molar-refractivity contribution is 5.25. The molecule has 0 aromatic heterocycles. The van der Waals surface area contributed by atoms with Crippen molar-refractivity contribution < 1.29 is 17.6 Å². The van der Waals surface area contributed by atoms with Crippen molar-refractivity contribution in [2.75, 3.05) is 0 Å². The van der Waals surface area contributed by atoms with Crippen molar-refractivity contribution in [2.45, 2.75) is 19.4 Å². The molecule has 0 bridgehead atoms. The van der Waals surface area contributed by atoms with Crippen molar-refractivity contribution in [1.82, 2.24) is 0 Å². The predicted octanol–water partition coefficient (Wildman–Crippen LogP) is 2.65. The van der Waals surface area contributed by atoms with E-state index < -0.39 is 34.9 Å². The van der Waals surface area contributed by atoms with Crippen LogP contribution in [0, 0.1) is 23.3 Å². The zero-order valence-corrected chi connectivity index (χ0v) is 7.45. The van der Waals surface area contributed by atoms with Gasteiger partial charge in [0.25, 0.3) is 0 Å². The third-order valence-corrected chi connectivity index (χ3v) is 1.96. The molecule has 0 aliphatic rings. The Labute approximate surface area is 78.5 Å². The summed E-state index contributed by atoms with van der Waals surface area (Å²) < 4.78 is 51.4. The van der Waals surface area contributed by atoms with E-state index >= 15 is 0 Å². The predicted molar refractivity (Wildman–Crippen MR) is 43.5 cm³/mol. The molecule has 2 N–H and O–H groups in total. The second-order valence-corrected chi connectivity index (χ2v) is 2.90. The van der Waals surface area contributed by atoms with E-state index in [0.717, 1.165) is 0 Å². The van der Waals surface area contributed by atoms with Crippen molar-refractivity contribution in [1.29, 1.82) is 0 Å². The first-order chi connectivity index (χ1) is 6.49. The Kier molecular flexibility index (Phi) is 3.10. The van der Waals surface area contributed by atoms with Crippen LogP contribution in [-0.2, 0) is 0 Å². The molecule has 0 heterocycles. The third kappa shape index (κ3) is 1.72. The van der Waals surface area contributed by atoms with Crippen LogP contribution < -0.4 is 5.73 Å². The largest absolute Gasteiger partial charge is 0.324 e. The summed E-state index contributed by atoms with van der Waals surface area (Å²) in [6, 6.07) is -0.878. The van der Waals surface area contributed by atoms with Gasteiger partial charge in [-0.2, -0.15) is 0 Å². The Morgan fingerprint density at radius 2 is 1.57 bits per heavy atom. The van der Waals surface area contributed by atoms with Crippen LogP contribution in [0.4, 0.5) is 17.6 Å². The first-order valence-corrected chi connectivity index (χ1v) is 4.07. The van der Waals surface area contributed by atoms with Crippen LogP contribution in [0.5, 0.6) is 0 Å². The second-order valence-electron chi connectivity index (χ2n) is 2.90. The highest BCUT2D eigenvalue weighted by Crippen LogP contribution is 2.25. The molecule has 5 heteroatoms. The minimum Gasteiger partial charge on any atom is -0.324 e. The fourth-order valence-electron chi connectivity index (χ4n) is 1.12. The Hall–Kier alpha value is -1.10. The Morgan fingerprint density at radius 3 is 1.93 bits per heavy atom. The number of benzene rings is 1. The molecular weight excluding hydrogens is 198 g/mol. The summed E-state index contributed by atoms with van der Waals surface area (Å²) in [5.74, 6) is -5.69. The van der Waals surface area contributed by atoms with Crippen molar-refractivity contribution in [3.8, 4) is 0 Å². The van der Waals surface area contributed by atoms with Crippen LogP contribution in [0.15, 0.2) is 6.07 Å². The first-order valence-electron chi connectivity index (χ1n) is 4.07. The van der Waals surface area contributed by atoms with Crippen LogP contribution in [0.1, 0.15) is 24.9 Å². The lowest BCUT2D eigenvalue weighted by atomic mass is 10.0. The van der Waals surface area contributed by atoms with Gasteiger partial charge < -0.3 is 5.73 Å². The van der Waals surface area contributed by atoms with Gasteiger partial charge in [0.2, 0.25) is 0 Å². The van der Waals surface area contributed by atoms with Gasteiger partial charge in [-0.25, -0.2) is 17.6 Å². The number of hydrogen-bond acceptors (Lipinski definition) is 1. The normalized spacial score (nSPS) is 13.0. The molecule has 1 rings (SSSR count). The van der Waals surface area contributed by atoms with Crippen LogP contribution in [-0.4, -0.2) is 0 Å². The maximum atomic E-state index is 13.0. The molecule has 0 saturated heterocycles. The molecule has 78 valence electrons. The SMILES string of the molecule is CCC(N)c1c(F)c(F)cc(F)c1F. The quantitative estimate of drug-likeness (QED) is 0.585. The fraction of sp³-hybridized carbons (Fsp3) is 0.333. The van der Waals surface area contributed by atoms with Gasteiger partial charge in [0.15, 0.2) is 23.3 Å². The lowest BCUT2D eigenvalue weighted by Crippen LogP contribution is -2.15. The molecule has 1 aromatic carbocycles. The summed E-state index contributed by atoms with van der Waals surface area (Å²) in [5.41, 5.74) is 4.59. The summed E-state index contributed by atoms with van der Waals surface area (Å²) in [5, 5.41) is 0. The van der Waals surface area contributed by atoms with E-state index in [4.69, 9.17) is 5.73 Å². The standard InChI is InChI=1S/C9H9F4N/c1-2-6(14)7-8(12)4(10)3-5(11)9(7)13/h3,6H,2,14H2,1H3. The Bertz CT molecular complexity index is 325. The van der Waals surface area contributed by atoms with Crippen LogP contribution in [0.25, 0.3) is 0 Å². The molecule has 0 amide bonds. The fourth-order valence-corrected chi connectivity index (χ4v) is 1.12. The minimum atomic E-state index is -1.43. The lowest BCUT2D eigenvalue weighted by Gasteiger charge is -2.12. The maximum absolute atomic E-state index is 13.0. The van der Waals surface area contributed by atoms with Crippen molar-refractivity contribution in [2.24, 2.45) is 5.73 Å². The van der Waals surface area contributed by atoms with Crippen molar-refractivity contribution in [3.63, 3.8) is 0 Å². The van der Waals surface area contributed by atoms with Gasteiger partial charge in [0.05, 0.1) is 0 Å². The molecule has 1 aromatic rings. The molecule has 0 aliphatic heterocycles. The monoisotopic (exact) mass is 207 g/mol. The zero-order valence-electron chi connectivity index (χ0n) is 7.45. The van der Waals surface area contributed by atoms with E-state index in [1.807, 2.05) is 0 Å². The van der Waals surface area contributed by atoms with Crippen molar-refractivity contribution in [3.05, 3.63) is 34.9 Å². The molecule has 1 atom stereocenters. The van der Waals surface area contributed by atoms with Gasteiger partial charge in [-0.3, -0.25) is 0 Å². The highest BCUT2D eigenvalue weighted by Gasteiger charge is 2.22. The highest BCUT2D eigenvalue weighted by atomic mass is 19.2. The first kappa shape index (κ1) is 11.0. The average Bonchev–Trinajstić information content (AvgIpc) is 2.15. The summed E-state index contributed by atoms with van der Waals surface area (Å²) >= 11 is 0. The summed E-state index contributed by atoms with van der Waals surface area (Å²) in [7, 11) is 0. The molecule has 1 nitrogen and oxygen atoms in total. The molecule has 1 unspecified atom stereocenters. The van der Waals surface area contributed by atoms with Gasteiger partial charge >= 0.3 is 0 Å². The molecule has 14 heavy (non-hydrogen) atoms. The van der Waals surface area contributed by atoms with Gasteiger partial charge in [0.1, 0.15) is 0 Å². The van der Waals surface area contributed by atoms with Gasteiger partial charge in [-0.05, 0) is 6.42 Å². The molecule has 0 aliphatic carbocycles. The van der Waals surface area contributed by atoms with E-state index in [9.17, 15) is 17.6 Å². The van der Waals surface area contributed by atoms with Crippen LogP contribution in [0.3, 0.4) is 0 Å². The number of rotatable bonds is 2. The second kappa shape index (κ2) is 3.96. The Balaban J connectivity index is 3.39. The molecular formula is C9H9F4N. The van der Waals surface area contributed by atoms with Gasteiger partial charge in [-0.15, -0.1) is 0 Å². The summed E-state index contributed by atoms with van der Waals surface area (Å²) in [6.07, 6.45) is 0.191. The molecule has 0 saturated carbocycles. The van der Waals surface area contributed by atoms with E-state index in [1.54, 1.807) is 6.92 Å². The summed E-state index contributed by atoms with van der Waals surface area (Å²) in [6.45, 7) is 1.56. The topological polar surface area (TPSA) is 26.0 Å². The van der Waals surface area contributed by atoms with E-state index in [0.29, 0.717) is 0 Å². The van der Waals surface area contributed by atoms with Crippen LogP contribution in [0.2, 0.25) is 0 Å². The van der Waals surface area contributed by atoms with E-state index in [-0.39, 0.29) is 12.5 Å². The zero-order chi connectivity index (χ0) is 10.9. The smallest absolute Gasteiger partial charge is 0.166 e.